The van der Waals surface area contributed by atoms with Crippen molar-refractivity contribution >= 4 is 21.9 Å². The van der Waals surface area contributed by atoms with Gasteiger partial charge in [0.1, 0.15) is 0 Å². The number of esters is 1. The topological polar surface area (TPSA) is 158 Å². The minimum Gasteiger partial charge on any atom is -0.569 e. The number of nitrogens with one attached hydrogen (secondary N) is 1. The number of carbonyl (C=O) groups is 2. The number of alkyl halides is 3. The number of nitrogens with zero attached hydrogens (tertiary/aromatic N) is 5. The van der Waals surface area contributed by atoms with Crippen LogP contribution in [0, 0.1) is 24.0 Å². The zero-order chi connectivity index (χ0) is 34.4. The van der Waals surface area contributed by atoms with Gasteiger partial charge in [-0.15, -0.1) is 5.01 Å². The van der Waals surface area contributed by atoms with Crippen LogP contribution >= 0.6 is 0 Å². The van der Waals surface area contributed by atoms with E-state index in [4.69, 9.17) is 4.74 Å². The Labute approximate surface area is 264 Å². The molecule has 17 heteroatoms. The van der Waals surface area contributed by atoms with Gasteiger partial charge in [-0.25, -0.2) is 17.8 Å². The second-order valence-corrected chi connectivity index (χ2v) is 12.8. The fourth-order valence-corrected chi connectivity index (χ4v) is 5.06. The highest BCUT2D eigenvalue weighted by molar-refractivity contribution is 7.90. The molecular weight excluding hydrogens is 633 g/mol. The maximum absolute atomic E-state index is 13.6. The Morgan fingerprint density at radius 1 is 1.09 bits per heavy atom. The van der Waals surface area contributed by atoms with Crippen molar-refractivity contribution in [1.82, 2.24) is 19.5 Å². The third-order valence-electron chi connectivity index (χ3n) is 6.54. The third-order valence-corrected chi connectivity index (χ3v) is 7.91. The molecule has 0 spiro atoms. The van der Waals surface area contributed by atoms with Crippen molar-refractivity contribution < 1.29 is 45.7 Å². The smallest absolute Gasteiger partial charge is 0.435 e. The SMILES string of the molecule is Cc1ccc(-c2cc(C(F)(F)F)nn2-c2ccc(S(=O)(=O)NC(=O)[C@H](CC(C)C)N(C)/[N+]([O-])=N/OCOC(=O)C(C)C)cc2)cc1. The molecule has 1 N–H and O–H groups in total. The van der Waals surface area contributed by atoms with Gasteiger partial charge in [0.25, 0.3) is 22.7 Å². The summed E-state index contributed by atoms with van der Waals surface area (Å²) in [7, 11) is -3.30. The van der Waals surface area contributed by atoms with E-state index in [2.05, 4.69) is 15.2 Å². The molecule has 1 atom stereocenters. The van der Waals surface area contributed by atoms with E-state index < -0.39 is 52.5 Å². The molecule has 0 aliphatic carbocycles. The van der Waals surface area contributed by atoms with Crippen molar-refractivity contribution in [2.45, 2.75) is 58.2 Å². The van der Waals surface area contributed by atoms with E-state index in [1.807, 2.05) is 11.6 Å². The molecule has 0 aliphatic heterocycles. The number of carbonyl (C=O) groups excluding carboxylic acids is 2. The Bertz CT molecular complexity index is 1660. The normalized spacial score (nSPS) is 13.1. The van der Waals surface area contributed by atoms with Gasteiger partial charge >= 0.3 is 12.1 Å². The molecular formula is C29H35F3N6O7S. The summed E-state index contributed by atoms with van der Waals surface area (Å²) in [6.45, 7) is 7.87. The van der Waals surface area contributed by atoms with Crippen molar-refractivity contribution in [2.75, 3.05) is 13.8 Å². The van der Waals surface area contributed by atoms with Crippen molar-refractivity contribution in [2.24, 2.45) is 17.1 Å². The average Bonchev–Trinajstić information content (AvgIpc) is 3.44. The van der Waals surface area contributed by atoms with E-state index in [9.17, 15) is 36.4 Å². The van der Waals surface area contributed by atoms with Crippen LogP contribution in [0.2, 0.25) is 0 Å². The molecule has 0 saturated heterocycles. The molecule has 1 amide bonds. The fraction of sp³-hybridized carbons (Fsp3) is 0.414. The Morgan fingerprint density at radius 2 is 1.70 bits per heavy atom. The number of likely N-dealkylation sites (N-methyl/N-ethyl adjacent to an activating group) is 1. The Balaban J connectivity index is 1.83. The minimum atomic E-state index is -4.72. The number of hydrogen-bond acceptors (Lipinski definition) is 9. The number of aryl methyl sites for hydroxylation is 1. The van der Waals surface area contributed by atoms with E-state index >= 15 is 0 Å². The van der Waals surface area contributed by atoms with E-state index in [-0.39, 0.29) is 33.6 Å². The van der Waals surface area contributed by atoms with Crippen LogP contribution in [0.25, 0.3) is 16.9 Å². The third kappa shape index (κ3) is 9.18. The van der Waals surface area contributed by atoms with Crippen LogP contribution in [0.1, 0.15) is 45.4 Å². The second kappa shape index (κ2) is 14.6. The summed E-state index contributed by atoms with van der Waals surface area (Å²) in [6, 6.07) is 11.1. The quantitative estimate of drug-likeness (QED) is 0.0662. The molecule has 0 bridgehead atoms. The van der Waals surface area contributed by atoms with Crippen LogP contribution in [0.4, 0.5) is 13.2 Å². The summed E-state index contributed by atoms with van der Waals surface area (Å²) >= 11 is 0. The predicted molar refractivity (Wildman–Crippen MR) is 158 cm³/mol. The van der Waals surface area contributed by atoms with Crippen LogP contribution < -0.4 is 4.72 Å². The van der Waals surface area contributed by atoms with Gasteiger partial charge in [0.15, 0.2) is 11.7 Å². The maximum atomic E-state index is 13.6. The van der Waals surface area contributed by atoms with Crippen molar-refractivity contribution in [1.29, 1.82) is 0 Å². The lowest BCUT2D eigenvalue weighted by atomic mass is 10.0. The fourth-order valence-electron chi connectivity index (χ4n) is 4.05. The van der Waals surface area contributed by atoms with Gasteiger partial charge in [0, 0.05) is 5.56 Å². The van der Waals surface area contributed by atoms with Crippen LogP contribution in [-0.2, 0) is 35.4 Å². The van der Waals surface area contributed by atoms with Gasteiger partial charge in [-0.1, -0.05) is 57.5 Å². The summed E-state index contributed by atoms with van der Waals surface area (Å²) in [5.41, 5.74) is 0.494. The second-order valence-electron chi connectivity index (χ2n) is 11.1. The largest absolute Gasteiger partial charge is 0.569 e. The average molecular weight is 669 g/mol. The molecule has 1 heterocycles. The lowest BCUT2D eigenvalue weighted by molar-refractivity contribution is -0.711. The lowest BCUT2D eigenvalue weighted by Gasteiger charge is -2.24. The maximum Gasteiger partial charge on any atom is 0.435 e. The zero-order valence-electron chi connectivity index (χ0n) is 26.0. The van der Waals surface area contributed by atoms with Gasteiger partial charge in [-0.2, -0.15) is 18.3 Å². The predicted octanol–water partition coefficient (Wildman–Crippen LogP) is 4.98. The number of ether oxygens (including phenoxy) is 1. The van der Waals surface area contributed by atoms with E-state index in [0.29, 0.717) is 5.56 Å². The summed E-state index contributed by atoms with van der Waals surface area (Å²) in [6.07, 6.45) is -4.69. The number of hydrogen-bond donors (Lipinski definition) is 1. The summed E-state index contributed by atoms with van der Waals surface area (Å²) in [5, 5.41) is 20.2. The van der Waals surface area contributed by atoms with Gasteiger partial charge in [0.05, 0.1) is 34.2 Å². The highest BCUT2D eigenvalue weighted by Crippen LogP contribution is 2.33. The number of rotatable bonds is 13. The monoisotopic (exact) mass is 668 g/mol. The molecule has 250 valence electrons. The van der Waals surface area contributed by atoms with Gasteiger partial charge in [0.2, 0.25) is 5.28 Å². The minimum absolute atomic E-state index is 0.0377. The molecule has 0 unspecified atom stereocenters. The number of sulfonamides is 1. The van der Waals surface area contributed by atoms with E-state index in [1.54, 1.807) is 52.0 Å². The molecule has 0 fully saturated rings. The van der Waals surface area contributed by atoms with Crippen LogP contribution in [0.15, 0.2) is 64.8 Å². The molecule has 13 nitrogen and oxygen atoms in total. The van der Waals surface area contributed by atoms with Gasteiger partial charge in [-0.3, -0.25) is 9.59 Å². The Hall–Kier alpha value is -4.67. The summed E-state index contributed by atoms with van der Waals surface area (Å²) in [4.78, 5) is 28.9. The highest BCUT2D eigenvalue weighted by atomic mass is 32.2. The molecule has 0 aliphatic rings. The Kier molecular flexibility index (Phi) is 11.4. The molecule has 3 aromatic rings. The molecule has 46 heavy (non-hydrogen) atoms. The highest BCUT2D eigenvalue weighted by Gasteiger charge is 2.36. The first-order chi connectivity index (χ1) is 21.4. The van der Waals surface area contributed by atoms with Crippen LogP contribution in [0.5, 0.6) is 0 Å². The van der Waals surface area contributed by atoms with Gasteiger partial charge < -0.3 is 14.8 Å². The summed E-state index contributed by atoms with van der Waals surface area (Å²) < 4.78 is 74.7. The first-order valence-corrected chi connectivity index (χ1v) is 15.5. The zero-order valence-corrected chi connectivity index (χ0v) is 26.8. The molecule has 3 rings (SSSR count). The van der Waals surface area contributed by atoms with E-state index in [0.717, 1.165) is 33.5 Å². The molecule has 1 aromatic heterocycles. The number of hydrazine groups is 1. The standard InChI is InChI=1S/C29H35F3N6O7S/c1-18(2)15-25(36(6)38(41)35-45-17-44-28(40)19(3)4)27(39)34-46(42,43)23-13-11-22(12-14-23)37-24(16-26(33-37)29(30,31)32)21-9-7-20(5)8-10-21/h7-14,16,18-19,25H,15,17H2,1-6H3,(H,34,39)/b38-35-/t25-/m0/s1. The van der Waals surface area contributed by atoms with Gasteiger partial charge in [-0.05, 0) is 49.6 Å². The van der Waals surface area contributed by atoms with Crippen molar-refractivity contribution in [3.63, 3.8) is 0 Å². The number of aromatic nitrogens is 2. The molecule has 2 aromatic carbocycles. The van der Waals surface area contributed by atoms with Crippen molar-refractivity contribution in [3.05, 3.63) is 71.1 Å². The molecule has 0 saturated carbocycles. The van der Waals surface area contributed by atoms with Crippen LogP contribution in [-0.4, -0.2) is 59.9 Å². The van der Waals surface area contributed by atoms with Crippen LogP contribution in [0.3, 0.4) is 0 Å². The van der Waals surface area contributed by atoms with E-state index in [1.165, 1.54) is 19.2 Å². The first-order valence-electron chi connectivity index (χ1n) is 14.0. The number of amides is 1. The molecule has 0 radical (unpaired) electrons. The van der Waals surface area contributed by atoms with Crippen molar-refractivity contribution in [3.8, 4) is 16.9 Å². The summed E-state index contributed by atoms with van der Waals surface area (Å²) in [5.74, 6) is -2.24. The number of benzene rings is 2. The number of halogens is 3. The lowest BCUT2D eigenvalue weighted by Crippen LogP contribution is -2.49. The Morgan fingerprint density at radius 3 is 2.24 bits per heavy atom. The first kappa shape index (κ1) is 35.8.